The Morgan fingerprint density at radius 1 is 1.62 bits per heavy atom. The summed E-state index contributed by atoms with van der Waals surface area (Å²) >= 11 is 0. The van der Waals surface area contributed by atoms with Crippen LogP contribution in [0.15, 0.2) is 6.20 Å². The lowest BCUT2D eigenvalue weighted by Crippen LogP contribution is -2.48. The SMILES string of the molecule is CC1CN(c2nn(C)cc2N)CC(CO)O1. The average molecular weight is 226 g/mol. The van der Waals surface area contributed by atoms with Crippen molar-refractivity contribution < 1.29 is 9.84 Å². The highest BCUT2D eigenvalue weighted by Gasteiger charge is 2.27. The molecule has 90 valence electrons. The van der Waals surface area contributed by atoms with Crippen molar-refractivity contribution in [3.63, 3.8) is 0 Å². The number of nitrogens with zero attached hydrogens (tertiary/aromatic N) is 3. The van der Waals surface area contributed by atoms with Crippen molar-refractivity contribution in [2.75, 3.05) is 30.3 Å². The summed E-state index contributed by atoms with van der Waals surface area (Å²) in [6.07, 6.45) is 1.70. The molecule has 1 aromatic heterocycles. The highest BCUT2D eigenvalue weighted by atomic mass is 16.5. The molecule has 0 saturated carbocycles. The average Bonchev–Trinajstić information content (AvgIpc) is 2.57. The van der Waals surface area contributed by atoms with Gasteiger partial charge in [0.25, 0.3) is 0 Å². The van der Waals surface area contributed by atoms with Gasteiger partial charge >= 0.3 is 0 Å². The minimum Gasteiger partial charge on any atom is -0.394 e. The maximum absolute atomic E-state index is 9.14. The minimum absolute atomic E-state index is 0.0214. The molecule has 0 amide bonds. The lowest BCUT2D eigenvalue weighted by atomic mass is 10.2. The van der Waals surface area contributed by atoms with Crippen molar-refractivity contribution in [2.45, 2.75) is 19.1 Å². The molecule has 0 bridgehead atoms. The molecule has 2 unspecified atom stereocenters. The fraction of sp³-hybridized carbons (Fsp3) is 0.700. The standard InChI is InChI=1S/C10H18N4O2/c1-7-3-14(4-8(6-15)16-7)10-9(11)5-13(2)12-10/h5,7-8,15H,3-4,6,11H2,1-2H3. The van der Waals surface area contributed by atoms with E-state index in [1.807, 2.05) is 14.0 Å². The Morgan fingerprint density at radius 3 is 2.94 bits per heavy atom. The van der Waals surface area contributed by atoms with Crippen molar-refractivity contribution in [1.29, 1.82) is 0 Å². The first-order valence-corrected chi connectivity index (χ1v) is 5.40. The number of rotatable bonds is 2. The van der Waals surface area contributed by atoms with Gasteiger partial charge in [-0.3, -0.25) is 4.68 Å². The van der Waals surface area contributed by atoms with E-state index >= 15 is 0 Å². The fourth-order valence-corrected chi connectivity index (χ4v) is 2.06. The van der Waals surface area contributed by atoms with Gasteiger partial charge in [0, 0.05) is 26.3 Å². The number of ether oxygens (including phenoxy) is 1. The number of aromatic nitrogens is 2. The van der Waals surface area contributed by atoms with Gasteiger partial charge in [0.1, 0.15) is 0 Å². The predicted molar refractivity (Wildman–Crippen MR) is 61.3 cm³/mol. The third kappa shape index (κ3) is 2.12. The molecule has 1 saturated heterocycles. The monoisotopic (exact) mass is 226 g/mol. The highest BCUT2D eigenvalue weighted by Crippen LogP contribution is 2.24. The van der Waals surface area contributed by atoms with Crippen LogP contribution in [0.2, 0.25) is 0 Å². The lowest BCUT2D eigenvalue weighted by molar-refractivity contribution is -0.0422. The summed E-state index contributed by atoms with van der Waals surface area (Å²) in [4.78, 5) is 2.06. The Labute approximate surface area is 94.6 Å². The zero-order valence-corrected chi connectivity index (χ0v) is 9.63. The van der Waals surface area contributed by atoms with E-state index in [-0.39, 0.29) is 18.8 Å². The summed E-state index contributed by atoms with van der Waals surface area (Å²) in [6, 6.07) is 0. The number of nitrogens with two attached hydrogens (primary N) is 1. The molecule has 0 spiro atoms. The molecule has 0 aliphatic carbocycles. The van der Waals surface area contributed by atoms with E-state index < -0.39 is 0 Å². The van der Waals surface area contributed by atoms with Gasteiger partial charge in [-0.1, -0.05) is 0 Å². The Bertz CT molecular complexity index is 366. The largest absolute Gasteiger partial charge is 0.394 e. The number of nitrogen functional groups attached to an aromatic ring is 1. The summed E-state index contributed by atoms with van der Waals surface area (Å²) in [7, 11) is 1.84. The molecule has 2 atom stereocenters. The van der Waals surface area contributed by atoms with Crippen molar-refractivity contribution >= 4 is 11.5 Å². The summed E-state index contributed by atoms with van der Waals surface area (Å²) in [5.41, 5.74) is 6.54. The van der Waals surface area contributed by atoms with Crippen LogP contribution in [0.25, 0.3) is 0 Å². The number of morpholine rings is 1. The van der Waals surface area contributed by atoms with Crippen LogP contribution in [-0.2, 0) is 11.8 Å². The normalized spacial score (nSPS) is 26.1. The van der Waals surface area contributed by atoms with E-state index in [2.05, 4.69) is 10.00 Å². The molecular weight excluding hydrogens is 208 g/mol. The maximum Gasteiger partial charge on any atom is 0.174 e. The molecule has 1 aliphatic heterocycles. The topological polar surface area (TPSA) is 76.5 Å². The zero-order chi connectivity index (χ0) is 11.7. The van der Waals surface area contributed by atoms with Crippen LogP contribution in [0.1, 0.15) is 6.92 Å². The molecular formula is C10H18N4O2. The van der Waals surface area contributed by atoms with Gasteiger partial charge < -0.3 is 20.5 Å². The molecule has 1 fully saturated rings. The van der Waals surface area contributed by atoms with E-state index in [1.165, 1.54) is 0 Å². The minimum atomic E-state index is -0.162. The first kappa shape index (κ1) is 11.2. The molecule has 3 N–H and O–H groups in total. The third-order valence-electron chi connectivity index (χ3n) is 2.67. The highest BCUT2D eigenvalue weighted by molar-refractivity contribution is 5.62. The van der Waals surface area contributed by atoms with Crippen LogP contribution in [0.5, 0.6) is 0 Å². The Kier molecular flexibility index (Phi) is 3.02. The second-order valence-corrected chi connectivity index (χ2v) is 4.24. The van der Waals surface area contributed by atoms with Gasteiger partial charge in [-0.2, -0.15) is 5.10 Å². The molecule has 6 nitrogen and oxygen atoms in total. The van der Waals surface area contributed by atoms with E-state index in [1.54, 1.807) is 10.9 Å². The number of hydrogen-bond donors (Lipinski definition) is 2. The van der Waals surface area contributed by atoms with Crippen molar-refractivity contribution in [2.24, 2.45) is 7.05 Å². The fourth-order valence-electron chi connectivity index (χ4n) is 2.06. The van der Waals surface area contributed by atoms with Crippen LogP contribution >= 0.6 is 0 Å². The van der Waals surface area contributed by atoms with E-state index in [0.29, 0.717) is 12.2 Å². The number of aryl methyl sites for hydroxylation is 1. The number of hydrogen-bond acceptors (Lipinski definition) is 5. The zero-order valence-electron chi connectivity index (χ0n) is 9.63. The third-order valence-corrected chi connectivity index (χ3v) is 2.67. The lowest BCUT2D eigenvalue weighted by Gasteiger charge is -2.36. The van der Waals surface area contributed by atoms with Crippen LogP contribution < -0.4 is 10.6 Å². The van der Waals surface area contributed by atoms with E-state index in [0.717, 1.165) is 12.4 Å². The number of aliphatic hydroxyl groups excluding tert-OH is 1. The molecule has 1 aliphatic rings. The smallest absolute Gasteiger partial charge is 0.174 e. The Morgan fingerprint density at radius 2 is 2.38 bits per heavy atom. The molecule has 16 heavy (non-hydrogen) atoms. The molecule has 6 heteroatoms. The predicted octanol–water partition coefficient (Wildman–Crippen LogP) is -0.412. The first-order chi connectivity index (χ1) is 7.60. The van der Waals surface area contributed by atoms with E-state index in [9.17, 15) is 0 Å². The number of anilines is 2. The summed E-state index contributed by atoms with van der Waals surface area (Å²) < 4.78 is 7.26. The Hall–Kier alpha value is -1.27. The van der Waals surface area contributed by atoms with Crippen molar-refractivity contribution in [1.82, 2.24) is 9.78 Å². The van der Waals surface area contributed by atoms with Crippen LogP contribution in [0, 0.1) is 0 Å². The van der Waals surface area contributed by atoms with Crippen LogP contribution in [0.3, 0.4) is 0 Å². The van der Waals surface area contributed by atoms with Crippen LogP contribution in [0.4, 0.5) is 11.5 Å². The second kappa shape index (κ2) is 4.31. The van der Waals surface area contributed by atoms with Gasteiger partial charge in [0.05, 0.1) is 24.5 Å². The van der Waals surface area contributed by atoms with Gasteiger partial charge in [0.15, 0.2) is 5.82 Å². The maximum atomic E-state index is 9.14. The van der Waals surface area contributed by atoms with Gasteiger partial charge in [-0.15, -0.1) is 0 Å². The summed E-state index contributed by atoms with van der Waals surface area (Å²) in [6.45, 7) is 3.38. The Balaban J connectivity index is 2.17. The van der Waals surface area contributed by atoms with Crippen molar-refractivity contribution in [3.8, 4) is 0 Å². The molecule has 0 aromatic carbocycles. The van der Waals surface area contributed by atoms with Crippen molar-refractivity contribution in [3.05, 3.63) is 6.20 Å². The first-order valence-electron chi connectivity index (χ1n) is 5.40. The second-order valence-electron chi connectivity index (χ2n) is 4.24. The molecule has 2 rings (SSSR count). The van der Waals surface area contributed by atoms with E-state index in [4.69, 9.17) is 15.6 Å². The molecule has 0 radical (unpaired) electrons. The number of aliphatic hydroxyl groups is 1. The summed E-state index contributed by atoms with van der Waals surface area (Å²) in [5, 5.41) is 13.5. The van der Waals surface area contributed by atoms with Gasteiger partial charge in [-0.05, 0) is 6.92 Å². The quantitative estimate of drug-likeness (QED) is 0.717. The molecule has 2 heterocycles. The molecule has 1 aromatic rings. The summed E-state index contributed by atoms with van der Waals surface area (Å²) in [5.74, 6) is 0.774. The van der Waals surface area contributed by atoms with Crippen LogP contribution in [-0.4, -0.2) is 46.8 Å². The van der Waals surface area contributed by atoms with Gasteiger partial charge in [-0.25, -0.2) is 0 Å². The van der Waals surface area contributed by atoms with Gasteiger partial charge in [0.2, 0.25) is 0 Å².